The van der Waals surface area contributed by atoms with E-state index in [-0.39, 0.29) is 24.5 Å². The maximum atomic E-state index is 13.3. The van der Waals surface area contributed by atoms with Gasteiger partial charge in [-0.3, -0.25) is 9.59 Å². The lowest BCUT2D eigenvalue weighted by Crippen LogP contribution is -2.52. The van der Waals surface area contributed by atoms with Crippen LogP contribution in [0.25, 0.3) is 0 Å². The maximum Gasteiger partial charge on any atom is 0.261 e. The lowest BCUT2D eigenvalue weighted by atomic mass is 10.0. The standard InChI is InChI=1S/C27H37BrN2O3/c1-6-20(5)29-27(32)24(7-2)30(16-15-21-11-9-8-10-12-21)26(31)18-33-25-14-13-22(19(3)4)17-23(25)28/h8-14,17,19-20,24H,6-7,15-16,18H2,1-5H3,(H,29,32). The van der Waals surface area contributed by atoms with Crippen molar-refractivity contribution in [2.45, 2.75) is 71.9 Å². The van der Waals surface area contributed by atoms with Gasteiger partial charge in [0.2, 0.25) is 5.91 Å². The number of nitrogens with zero attached hydrogens (tertiary/aromatic N) is 1. The van der Waals surface area contributed by atoms with Gasteiger partial charge in [0.05, 0.1) is 4.47 Å². The molecule has 0 aromatic heterocycles. The van der Waals surface area contributed by atoms with Gasteiger partial charge in [-0.15, -0.1) is 0 Å². The molecule has 5 nitrogen and oxygen atoms in total. The minimum atomic E-state index is -0.537. The zero-order chi connectivity index (χ0) is 24.4. The molecule has 2 unspecified atom stereocenters. The number of carbonyl (C=O) groups excluding carboxylic acids is 2. The third kappa shape index (κ3) is 8.18. The fourth-order valence-electron chi connectivity index (χ4n) is 3.55. The Morgan fingerprint density at radius 1 is 1.03 bits per heavy atom. The summed E-state index contributed by atoms with van der Waals surface area (Å²) < 4.78 is 6.69. The van der Waals surface area contributed by atoms with Gasteiger partial charge in [-0.1, -0.05) is 64.1 Å². The van der Waals surface area contributed by atoms with Crippen molar-refractivity contribution < 1.29 is 14.3 Å². The summed E-state index contributed by atoms with van der Waals surface area (Å²) in [4.78, 5) is 27.9. The number of hydrogen-bond donors (Lipinski definition) is 1. The molecule has 180 valence electrons. The van der Waals surface area contributed by atoms with E-state index in [1.807, 2.05) is 69.3 Å². The van der Waals surface area contributed by atoms with Crippen LogP contribution in [-0.2, 0) is 16.0 Å². The molecule has 0 fully saturated rings. The largest absolute Gasteiger partial charge is 0.483 e. The van der Waals surface area contributed by atoms with Gasteiger partial charge in [0, 0.05) is 12.6 Å². The van der Waals surface area contributed by atoms with Crippen LogP contribution in [0.15, 0.2) is 53.0 Å². The summed E-state index contributed by atoms with van der Waals surface area (Å²) in [7, 11) is 0. The first-order valence-electron chi connectivity index (χ1n) is 11.8. The molecule has 0 bridgehead atoms. The molecular weight excluding hydrogens is 480 g/mol. The van der Waals surface area contributed by atoms with Crippen LogP contribution in [0, 0.1) is 0 Å². The second kappa shape index (κ2) is 13.4. The maximum absolute atomic E-state index is 13.3. The van der Waals surface area contributed by atoms with Gasteiger partial charge in [0.15, 0.2) is 6.61 Å². The average molecular weight is 518 g/mol. The van der Waals surface area contributed by atoms with E-state index in [1.54, 1.807) is 4.90 Å². The number of rotatable bonds is 12. The minimum Gasteiger partial charge on any atom is -0.483 e. The molecule has 2 atom stereocenters. The Labute approximate surface area is 207 Å². The first-order chi connectivity index (χ1) is 15.8. The van der Waals surface area contributed by atoms with Crippen LogP contribution < -0.4 is 10.1 Å². The Morgan fingerprint density at radius 2 is 1.73 bits per heavy atom. The van der Waals surface area contributed by atoms with Crippen molar-refractivity contribution in [3.8, 4) is 5.75 Å². The summed E-state index contributed by atoms with van der Waals surface area (Å²) >= 11 is 3.55. The SMILES string of the molecule is CCC(C)NC(=O)C(CC)N(CCc1ccccc1)C(=O)COc1ccc(C(C)C)cc1Br. The summed E-state index contributed by atoms with van der Waals surface area (Å²) in [6, 6.07) is 15.4. The van der Waals surface area contributed by atoms with Crippen molar-refractivity contribution in [2.24, 2.45) is 0 Å². The zero-order valence-corrected chi connectivity index (χ0v) is 22.0. The van der Waals surface area contributed by atoms with E-state index in [2.05, 4.69) is 35.1 Å². The Hall–Kier alpha value is -2.34. The van der Waals surface area contributed by atoms with Crippen molar-refractivity contribution in [1.82, 2.24) is 10.2 Å². The minimum absolute atomic E-state index is 0.0595. The second-order valence-electron chi connectivity index (χ2n) is 8.70. The molecule has 33 heavy (non-hydrogen) atoms. The highest BCUT2D eigenvalue weighted by atomic mass is 79.9. The Kier molecular flexibility index (Phi) is 10.9. The third-order valence-electron chi connectivity index (χ3n) is 5.84. The first-order valence-corrected chi connectivity index (χ1v) is 12.6. The highest BCUT2D eigenvalue weighted by molar-refractivity contribution is 9.10. The predicted molar refractivity (Wildman–Crippen MR) is 138 cm³/mol. The molecule has 1 N–H and O–H groups in total. The highest BCUT2D eigenvalue weighted by Gasteiger charge is 2.29. The van der Waals surface area contributed by atoms with E-state index in [0.717, 1.165) is 16.5 Å². The van der Waals surface area contributed by atoms with Crippen molar-refractivity contribution in [3.63, 3.8) is 0 Å². The van der Waals surface area contributed by atoms with E-state index in [4.69, 9.17) is 4.74 Å². The second-order valence-corrected chi connectivity index (χ2v) is 9.55. The quantitative estimate of drug-likeness (QED) is 0.392. The molecule has 0 aliphatic heterocycles. The normalized spacial score (nSPS) is 12.8. The monoisotopic (exact) mass is 516 g/mol. The molecule has 0 saturated heterocycles. The molecule has 6 heteroatoms. The van der Waals surface area contributed by atoms with Crippen LogP contribution >= 0.6 is 15.9 Å². The summed E-state index contributed by atoms with van der Waals surface area (Å²) in [6.45, 7) is 10.5. The van der Waals surface area contributed by atoms with Crippen molar-refractivity contribution >= 4 is 27.7 Å². The van der Waals surface area contributed by atoms with Crippen LogP contribution in [0.2, 0.25) is 0 Å². The number of nitrogens with one attached hydrogen (secondary N) is 1. The van der Waals surface area contributed by atoms with Crippen LogP contribution in [-0.4, -0.2) is 41.9 Å². The van der Waals surface area contributed by atoms with Crippen LogP contribution in [0.3, 0.4) is 0 Å². The molecule has 0 aliphatic rings. The smallest absolute Gasteiger partial charge is 0.261 e. The number of benzene rings is 2. The first kappa shape index (κ1) is 26.9. The van der Waals surface area contributed by atoms with E-state index >= 15 is 0 Å². The van der Waals surface area contributed by atoms with Gasteiger partial charge in [0.1, 0.15) is 11.8 Å². The molecule has 0 spiro atoms. The van der Waals surface area contributed by atoms with Crippen molar-refractivity contribution in [1.29, 1.82) is 0 Å². The summed E-state index contributed by atoms with van der Waals surface area (Å²) in [6.07, 6.45) is 2.05. The van der Waals surface area contributed by atoms with Crippen molar-refractivity contribution in [2.75, 3.05) is 13.2 Å². The van der Waals surface area contributed by atoms with Gasteiger partial charge in [-0.2, -0.15) is 0 Å². The Balaban J connectivity index is 2.16. The van der Waals surface area contributed by atoms with E-state index in [9.17, 15) is 9.59 Å². The molecule has 0 aliphatic carbocycles. The topological polar surface area (TPSA) is 58.6 Å². The van der Waals surface area contributed by atoms with Gasteiger partial charge in [-0.25, -0.2) is 0 Å². The summed E-state index contributed by atoms with van der Waals surface area (Å²) in [5.74, 6) is 0.709. The fraction of sp³-hybridized carbons (Fsp3) is 0.481. The molecule has 0 saturated carbocycles. The van der Waals surface area contributed by atoms with E-state index in [1.165, 1.54) is 5.56 Å². The van der Waals surface area contributed by atoms with Gasteiger partial charge in [-0.05, 0) is 71.3 Å². The van der Waals surface area contributed by atoms with E-state index < -0.39 is 6.04 Å². The Morgan fingerprint density at radius 3 is 2.30 bits per heavy atom. The summed E-state index contributed by atoms with van der Waals surface area (Å²) in [5, 5.41) is 3.03. The zero-order valence-electron chi connectivity index (χ0n) is 20.4. The van der Waals surface area contributed by atoms with Crippen molar-refractivity contribution in [3.05, 3.63) is 64.1 Å². The van der Waals surface area contributed by atoms with Crippen LogP contribution in [0.1, 0.15) is 64.5 Å². The number of carbonyl (C=O) groups is 2. The molecule has 2 amide bonds. The third-order valence-corrected chi connectivity index (χ3v) is 6.46. The number of hydrogen-bond acceptors (Lipinski definition) is 3. The van der Waals surface area contributed by atoms with Gasteiger partial charge >= 0.3 is 0 Å². The Bertz CT molecular complexity index is 901. The van der Waals surface area contributed by atoms with Crippen LogP contribution in [0.5, 0.6) is 5.75 Å². The van der Waals surface area contributed by atoms with Gasteiger partial charge in [0.25, 0.3) is 5.91 Å². The molecule has 2 aromatic carbocycles. The predicted octanol–water partition coefficient (Wildman–Crippen LogP) is 5.72. The lowest BCUT2D eigenvalue weighted by Gasteiger charge is -2.31. The summed E-state index contributed by atoms with van der Waals surface area (Å²) in [5.41, 5.74) is 2.32. The molecule has 2 aromatic rings. The number of ether oxygens (including phenoxy) is 1. The molecule has 0 heterocycles. The highest BCUT2D eigenvalue weighted by Crippen LogP contribution is 2.29. The number of amides is 2. The molecular formula is C27H37BrN2O3. The molecule has 0 radical (unpaired) electrons. The average Bonchev–Trinajstić information content (AvgIpc) is 2.80. The van der Waals surface area contributed by atoms with Gasteiger partial charge < -0.3 is 15.0 Å². The fourth-order valence-corrected chi connectivity index (χ4v) is 4.06. The van der Waals surface area contributed by atoms with Crippen LogP contribution in [0.4, 0.5) is 0 Å². The number of halogens is 1. The molecule has 2 rings (SSSR count). The van der Waals surface area contributed by atoms with E-state index in [0.29, 0.717) is 31.1 Å². The lowest BCUT2D eigenvalue weighted by molar-refractivity contribution is -0.142.